The number of aryl methyl sites for hydroxylation is 1. The molecule has 2 heterocycles. The maximum Gasteiger partial charge on any atom is 0.230 e. The van der Waals surface area contributed by atoms with Gasteiger partial charge >= 0.3 is 0 Å². The van der Waals surface area contributed by atoms with Crippen molar-refractivity contribution in [3.63, 3.8) is 0 Å². The molecule has 2 aromatic heterocycles. The largest absolute Gasteiger partial charge is 0.495 e. The lowest BCUT2D eigenvalue weighted by atomic mass is 10.2. The molecule has 0 bridgehead atoms. The van der Waals surface area contributed by atoms with Crippen molar-refractivity contribution < 1.29 is 9.53 Å². The molecule has 1 amide bonds. The number of rotatable bonds is 4. The first-order valence-corrected chi connectivity index (χ1v) is 7.50. The lowest BCUT2D eigenvalue weighted by molar-refractivity contribution is -0.115. The number of halogens is 1. The van der Waals surface area contributed by atoms with Crippen LogP contribution in [0.15, 0.2) is 42.7 Å². The van der Waals surface area contributed by atoms with Crippen molar-refractivity contribution >= 4 is 28.8 Å². The second-order valence-electron chi connectivity index (χ2n) is 5.27. The number of imidazole rings is 1. The van der Waals surface area contributed by atoms with Crippen molar-refractivity contribution in [1.29, 1.82) is 0 Å². The summed E-state index contributed by atoms with van der Waals surface area (Å²) < 4.78 is 7.07. The number of carbonyl (C=O) groups is 1. The van der Waals surface area contributed by atoms with Gasteiger partial charge in [-0.3, -0.25) is 4.79 Å². The fraction of sp³-hybridized carbons (Fsp3) is 0.176. The van der Waals surface area contributed by atoms with E-state index in [1.807, 2.05) is 31.2 Å². The molecule has 0 atom stereocenters. The number of nitrogens with one attached hydrogen (secondary N) is 1. The van der Waals surface area contributed by atoms with Gasteiger partial charge in [-0.15, -0.1) is 0 Å². The quantitative estimate of drug-likeness (QED) is 0.797. The number of methoxy groups -OCH3 is 1. The number of pyridine rings is 1. The highest BCUT2D eigenvalue weighted by Gasteiger charge is 2.11. The number of anilines is 1. The number of ether oxygens (including phenoxy) is 1. The van der Waals surface area contributed by atoms with Gasteiger partial charge in [-0.25, -0.2) is 4.98 Å². The summed E-state index contributed by atoms with van der Waals surface area (Å²) in [6.45, 7) is 1.96. The van der Waals surface area contributed by atoms with Crippen molar-refractivity contribution in [3.8, 4) is 5.75 Å². The summed E-state index contributed by atoms with van der Waals surface area (Å²) >= 11 is 5.95. The molecule has 0 unspecified atom stereocenters. The molecule has 0 aliphatic rings. The van der Waals surface area contributed by atoms with Gasteiger partial charge in [0, 0.05) is 12.4 Å². The van der Waals surface area contributed by atoms with E-state index in [1.165, 1.54) is 0 Å². The average molecular weight is 330 g/mol. The first kappa shape index (κ1) is 15.4. The van der Waals surface area contributed by atoms with Gasteiger partial charge in [0.15, 0.2) is 0 Å². The standard InChI is InChI=1S/C17H16ClN3O2/c1-11-3-5-15(23-2)14(7-11)20-17(22)8-13-10-21-9-12(18)4-6-16(21)19-13/h3-7,9-10H,8H2,1-2H3,(H,20,22). The van der Waals surface area contributed by atoms with Crippen molar-refractivity contribution in [2.24, 2.45) is 0 Å². The number of nitrogens with zero attached hydrogens (tertiary/aromatic N) is 2. The van der Waals surface area contributed by atoms with Gasteiger partial charge in [0.2, 0.25) is 5.91 Å². The lowest BCUT2D eigenvalue weighted by Gasteiger charge is -2.10. The Labute approximate surface area is 138 Å². The minimum absolute atomic E-state index is 0.150. The fourth-order valence-corrected chi connectivity index (χ4v) is 2.55. The summed E-state index contributed by atoms with van der Waals surface area (Å²) in [5.41, 5.74) is 3.13. The smallest absolute Gasteiger partial charge is 0.230 e. The Balaban J connectivity index is 1.77. The Morgan fingerprint density at radius 2 is 2.13 bits per heavy atom. The van der Waals surface area contributed by atoms with Crippen LogP contribution in [0.2, 0.25) is 5.02 Å². The second kappa shape index (κ2) is 6.30. The van der Waals surface area contributed by atoms with Gasteiger partial charge in [0.1, 0.15) is 11.4 Å². The molecule has 0 aliphatic heterocycles. The summed E-state index contributed by atoms with van der Waals surface area (Å²) in [6, 6.07) is 9.22. The van der Waals surface area contributed by atoms with E-state index in [-0.39, 0.29) is 12.3 Å². The molecule has 118 valence electrons. The molecule has 0 fully saturated rings. The Kier molecular flexibility index (Phi) is 4.21. The van der Waals surface area contributed by atoms with Gasteiger partial charge in [0.05, 0.1) is 29.9 Å². The van der Waals surface area contributed by atoms with Crippen LogP contribution in [0.4, 0.5) is 5.69 Å². The highest BCUT2D eigenvalue weighted by molar-refractivity contribution is 6.30. The summed E-state index contributed by atoms with van der Waals surface area (Å²) in [4.78, 5) is 16.7. The number of carbonyl (C=O) groups excluding carboxylic acids is 1. The molecule has 5 nitrogen and oxygen atoms in total. The lowest BCUT2D eigenvalue weighted by Crippen LogP contribution is -2.15. The van der Waals surface area contributed by atoms with Gasteiger partial charge in [-0.1, -0.05) is 17.7 Å². The van der Waals surface area contributed by atoms with Crippen molar-refractivity contribution in [3.05, 3.63) is 59.0 Å². The number of hydrogen-bond donors (Lipinski definition) is 1. The van der Waals surface area contributed by atoms with E-state index in [1.54, 1.807) is 30.0 Å². The predicted octanol–water partition coefficient (Wildman–Crippen LogP) is 3.49. The zero-order valence-corrected chi connectivity index (χ0v) is 13.6. The van der Waals surface area contributed by atoms with E-state index >= 15 is 0 Å². The molecule has 0 radical (unpaired) electrons. The van der Waals surface area contributed by atoms with Crippen LogP contribution in [-0.2, 0) is 11.2 Å². The maximum atomic E-state index is 12.3. The van der Waals surface area contributed by atoms with Gasteiger partial charge in [-0.2, -0.15) is 0 Å². The van der Waals surface area contributed by atoms with Crippen molar-refractivity contribution in [2.45, 2.75) is 13.3 Å². The summed E-state index contributed by atoms with van der Waals surface area (Å²) in [6.07, 6.45) is 3.74. The number of aromatic nitrogens is 2. The maximum absolute atomic E-state index is 12.3. The second-order valence-corrected chi connectivity index (χ2v) is 5.71. The van der Waals surface area contributed by atoms with E-state index in [4.69, 9.17) is 16.3 Å². The number of amides is 1. The van der Waals surface area contributed by atoms with Crippen LogP contribution in [0, 0.1) is 6.92 Å². The molecule has 3 aromatic rings. The third-order valence-corrected chi connectivity index (χ3v) is 3.66. The molecular weight excluding hydrogens is 314 g/mol. The first-order chi connectivity index (χ1) is 11.0. The average Bonchev–Trinajstić information content (AvgIpc) is 2.88. The minimum atomic E-state index is -0.150. The van der Waals surface area contributed by atoms with E-state index < -0.39 is 0 Å². The minimum Gasteiger partial charge on any atom is -0.495 e. The fourth-order valence-electron chi connectivity index (χ4n) is 2.38. The molecule has 1 aromatic carbocycles. The van der Waals surface area contributed by atoms with Crippen LogP contribution in [0.1, 0.15) is 11.3 Å². The van der Waals surface area contributed by atoms with E-state index in [9.17, 15) is 4.79 Å². The van der Waals surface area contributed by atoms with Crippen LogP contribution < -0.4 is 10.1 Å². The van der Waals surface area contributed by atoms with E-state index in [0.717, 1.165) is 11.2 Å². The molecule has 0 aliphatic carbocycles. The van der Waals surface area contributed by atoms with Crippen molar-refractivity contribution in [1.82, 2.24) is 9.38 Å². The van der Waals surface area contributed by atoms with Gasteiger partial charge in [-0.05, 0) is 36.8 Å². The highest BCUT2D eigenvalue weighted by Crippen LogP contribution is 2.25. The Bertz CT molecular complexity index is 873. The topological polar surface area (TPSA) is 55.6 Å². The van der Waals surface area contributed by atoms with Gasteiger partial charge in [0.25, 0.3) is 0 Å². The van der Waals surface area contributed by atoms with Crippen LogP contribution in [0.25, 0.3) is 5.65 Å². The number of benzene rings is 1. The number of fused-ring (bicyclic) bond motifs is 1. The third kappa shape index (κ3) is 3.46. The Hall–Kier alpha value is -2.53. The summed E-state index contributed by atoms with van der Waals surface area (Å²) in [5.74, 6) is 0.481. The molecule has 23 heavy (non-hydrogen) atoms. The molecule has 1 N–H and O–H groups in total. The molecule has 0 saturated heterocycles. The molecule has 3 rings (SSSR count). The highest BCUT2D eigenvalue weighted by atomic mass is 35.5. The monoisotopic (exact) mass is 329 g/mol. The molecule has 0 spiro atoms. The van der Waals surface area contributed by atoms with Crippen LogP contribution in [0.5, 0.6) is 5.75 Å². The van der Waals surface area contributed by atoms with Crippen molar-refractivity contribution in [2.75, 3.05) is 12.4 Å². The van der Waals surface area contributed by atoms with Crippen LogP contribution in [0.3, 0.4) is 0 Å². The van der Waals surface area contributed by atoms with E-state index in [2.05, 4.69) is 10.3 Å². The Morgan fingerprint density at radius 3 is 2.91 bits per heavy atom. The summed E-state index contributed by atoms with van der Waals surface area (Å²) in [5, 5.41) is 3.49. The van der Waals surface area contributed by atoms with E-state index in [0.29, 0.717) is 22.2 Å². The van der Waals surface area contributed by atoms with Gasteiger partial charge < -0.3 is 14.5 Å². The zero-order chi connectivity index (χ0) is 16.4. The molecule has 0 saturated carbocycles. The normalized spacial score (nSPS) is 10.7. The first-order valence-electron chi connectivity index (χ1n) is 7.13. The predicted molar refractivity (Wildman–Crippen MR) is 90.3 cm³/mol. The zero-order valence-electron chi connectivity index (χ0n) is 12.8. The number of hydrogen-bond acceptors (Lipinski definition) is 3. The van der Waals surface area contributed by atoms with Crippen LogP contribution in [-0.4, -0.2) is 22.4 Å². The molecular formula is C17H16ClN3O2. The molecule has 6 heteroatoms. The third-order valence-electron chi connectivity index (χ3n) is 3.44. The summed E-state index contributed by atoms with van der Waals surface area (Å²) in [7, 11) is 1.58. The Morgan fingerprint density at radius 1 is 1.30 bits per heavy atom. The SMILES string of the molecule is COc1ccc(C)cc1NC(=O)Cc1cn2cc(Cl)ccc2n1. The van der Waals surface area contributed by atoms with Crippen LogP contribution >= 0.6 is 11.6 Å².